The van der Waals surface area contributed by atoms with Crippen molar-refractivity contribution in [1.29, 1.82) is 0 Å². The topological polar surface area (TPSA) is 20.3 Å². The predicted octanol–water partition coefficient (Wildman–Crippen LogP) is 5.08. The van der Waals surface area contributed by atoms with Gasteiger partial charge in [0.25, 0.3) is 0 Å². The summed E-state index contributed by atoms with van der Waals surface area (Å²) in [5.74, 6) is 0.587. The van der Waals surface area contributed by atoms with Crippen LogP contribution >= 0.6 is 0 Å². The van der Waals surface area contributed by atoms with E-state index >= 15 is 0 Å². The van der Waals surface area contributed by atoms with Crippen LogP contribution in [0.25, 0.3) is 11.1 Å². The Labute approximate surface area is 150 Å². The van der Waals surface area contributed by atoms with Crippen LogP contribution in [0.5, 0.6) is 0 Å². The van der Waals surface area contributed by atoms with Crippen molar-refractivity contribution in [2.24, 2.45) is 5.92 Å². The summed E-state index contributed by atoms with van der Waals surface area (Å²) in [6.45, 7) is 0.969. The summed E-state index contributed by atoms with van der Waals surface area (Å²) >= 11 is 0. The highest BCUT2D eigenvalue weighted by molar-refractivity contribution is 5.81. The van der Waals surface area contributed by atoms with Gasteiger partial charge in [0.1, 0.15) is 0 Å². The monoisotopic (exact) mass is 333 g/mol. The van der Waals surface area contributed by atoms with Crippen LogP contribution in [0.3, 0.4) is 0 Å². The molecule has 1 unspecified atom stereocenters. The Morgan fingerprint density at radius 3 is 2.20 bits per heavy atom. The van der Waals surface area contributed by atoms with Gasteiger partial charge in [-0.25, -0.2) is 0 Å². The summed E-state index contributed by atoms with van der Waals surface area (Å²) in [5.41, 5.74) is 3.77. The van der Waals surface area contributed by atoms with E-state index in [9.17, 15) is 4.79 Å². The van der Waals surface area contributed by atoms with Gasteiger partial charge >= 0.3 is 0 Å². The lowest BCUT2D eigenvalue weighted by molar-refractivity contribution is -0.133. The lowest BCUT2D eigenvalue weighted by Gasteiger charge is -2.31. The van der Waals surface area contributed by atoms with Crippen LogP contribution in [0, 0.1) is 5.92 Å². The Hall–Kier alpha value is -2.09. The lowest BCUT2D eigenvalue weighted by Crippen LogP contribution is -2.39. The molecule has 2 aromatic rings. The summed E-state index contributed by atoms with van der Waals surface area (Å²) in [6.07, 6.45) is 8.26. The van der Waals surface area contributed by atoms with Crippen LogP contribution in [0.15, 0.2) is 54.6 Å². The average molecular weight is 333 g/mol. The zero-order chi connectivity index (χ0) is 17.1. The van der Waals surface area contributed by atoms with Crippen molar-refractivity contribution in [2.75, 3.05) is 6.54 Å². The van der Waals surface area contributed by atoms with Gasteiger partial charge in [0.2, 0.25) is 5.91 Å². The summed E-state index contributed by atoms with van der Waals surface area (Å²) in [7, 11) is 0. The van der Waals surface area contributed by atoms with E-state index in [0.717, 1.165) is 19.4 Å². The Morgan fingerprint density at radius 1 is 0.800 bits per heavy atom. The van der Waals surface area contributed by atoms with Gasteiger partial charge in [-0.05, 0) is 42.4 Å². The smallest absolute Gasteiger partial charge is 0.226 e. The SMILES string of the molecule is O=C1C(Cc2ccc(-c3ccccc3)cc2)CCN1C1CCCCC1. The second-order valence-electron chi connectivity index (χ2n) is 7.58. The zero-order valence-corrected chi connectivity index (χ0v) is 14.9. The van der Waals surface area contributed by atoms with E-state index in [1.165, 1.54) is 48.8 Å². The van der Waals surface area contributed by atoms with E-state index in [1.54, 1.807) is 0 Å². The molecule has 1 amide bonds. The Balaban J connectivity index is 1.40. The summed E-state index contributed by atoms with van der Waals surface area (Å²) in [6, 6.07) is 19.7. The summed E-state index contributed by atoms with van der Waals surface area (Å²) in [4.78, 5) is 15.0. The van der Waals surface area contributed by atoms with E-state index in [-0.39, 0.29) is 5.92 Å². The molecule has 1 saturated carbocycles. The van der Waals surface area contributed by atoms with E-state index < -0.39 is 0 Å². The molecule has 0 N–H and O–H groups in total. The van der Waals surface area contributed by atoms with Crippen molar-refractivity contribution in [3.8, 4) is 11.1 Å². The number of hydrogen-bond donors (Lipinski definition) is 0. The third-order valence-electron chi connectivity index (χ3n) is 5.91. The first-order chi connectivity index (χ1) is 12.3. The molecule has 4 rings (SSSR count). The summed E-state index contributed by atoms with van der Waals surface area (Å²) < 4.78 is 0. The predicted molar refractivity (Wildman–Crippen MR) is 102 cm³/mol. The third kappa shape index (κ3) is 3.63. The van der Waals surface area contributed by atoms with Gasteiger partial charge in [-0.3, -0.25) is 4.79 Å². The molecule has 2 heteroatoms. The van der Waals surface area contributed by atoms with Crippen molar-refractivity contribution in [2.45, 2.75) is 51.0 Å². The van der Waals surface area contributed by atoms with Gasteiger partial charge in [0, 0.05) is 18.5 Å². The second-order valence-corrected chi connectivity index (χ2v) is 7.58. The van der Waals surface area contributed by atoms with Crippen LogP contribution in [-0.2, 0) is 11.2 Å². The Bertz CT molecular complexity index is 701. The largest absolute Gasteiger partial charge is 0.339 e. The number of carbonyl (C=O) groups excluding carboxylic acids is 1. The molecule has 130 valence electrons. The minimum absolute atomic E-state index is 0.185. The van der Waals surface area contributed by atoms with E-state index in [4.69, 9.17) is 0 Å². The number of rotatable bonds is 4. The van der Waals surface area contributed by atoms with Gasteiger partial charge in [0.15, 0.2) is 0 Å². The molecule has 1 aliphatic heterocycles. The maximum Gasteiger partial charge on any atom is 0.226 e. The van der Waals surface area contributed by atoms with Crippen molar-refractivity contribution in [1.82, 2.24) is 4.90 Å². The van der Waals surface area contributed by atoms with E-state index in [2.05, 4.69) is 53.4 Å². The van der Waals surface area contributed by atoms with Crippen molar-refractivity contribution in [3.63, 3.8) is 0 Å². The van der Waals surface area contributed by atoms with Crippen molar-refractivity contribution in [3.05, 3.63) is 60.2 Å². The van der Waals surface area contributed by atoms with Gasteiger partial charge < -0.3 is 4.90 Å². The number of likely N-dealkylation sites (tertiary alicyclic amines) is 1. The first-order valence-corrected chi connectivity index (χ1v) is 9.76. The van der Waals surface area contributed by atoms with Crippen LogP contribution in [0.4, 0.5) is 0 Å². The van der Waals surface area contributed by atoms with E-state index in [0.29, 0.717) is 11.9 Å². The van der Waals surface area contributed by atoms with Gasteiger partial charge in [0.05, 0.1) is 0 Å². The number of amides is 1. The lowest BCUT2D eigenvalue weighted by atomic mass is 9.93. The molecule has 2 aliphatic rings. The fraction of sp³-hybridized carbons (Fsp3) is 0.435. The molecule has 0 bridgehead atoms. The van der Waals surface area contributed by atoms with Crippen LogP contribution in [0.2, 0.25) is 0 Å². The fourth-order valence-corrected chi connectivity index (χ4v) is 4.46. The molecule has 2 aromatic carbocycles. The van der Waals surface area contributed by atoms with Gasteiger partial charge in [-0.2, -0.15) is 0 Å². The van der Waals surface area contributed by atoms with Crippen LogP contribution < -0.4 is 0 Å². The number of nitrogens with zero attached hydrogens (tertiary/aromatic N) is 1. The number of benzene rings is 2. The Kier molecular flexibility index (Phi) is 4.87. The maximum atomic E-state index is 12.8. The molecule has 2 fully saturated rings. The maximum absolute atomic E-state index is 12.8. The molecular weight excluding hydrogens is 306 g/mol. The molecule has 25 heavy (non-hydrogen) atoms. The van der Waals surface area contributed by atoms with Gasteiger partial charge in [-0.1, -0.05) is 73.9 Å². The quantitative estimate of drug-likeness (QED) is 0.764. The van der Waals surface area contributed by atoms with Crippen molar-refractivity contribution >= 4 is 5.91 Å². The van der Waals surface area contributed by atoms with Crippen LogP contribution in [0.1, 0.15) is 44.1 Å². The van der Waals surface area contributed by atoms with Crippen LogP contribution in [-0.4, -0.2) is 23.4 Å². The van der Waals surface area contributed by atoms with Gasteiger partial charge in [-0.15, -0.1) is 0 Å². The molecule has 1 saturated heterocycles. The van der Waals surface area contributed by atoms with Crippen molar-refractivity contribution < 1.29 is 4.79 Å². The standard InChI is InChI=1S/C23H27NO/c25-23-21(15-16-24(23)22-9-5-2-6-10-22)17-18-11-13-20(14-12-18)19-7-3-1-4-8-19/h1,3-4,7-8,11-14,21-22H,2,5-6,9-10,15-17H2. The molecule has 2 nitrogen and oxygen atoms in total. The zero-order valence-electron chi connectivity index (χ0n) is 14.9. The summed E-state index contributed by atoms with van der Waals surface area (Å²) in [5, 5.41) is 0. The number of carbonyl (C=O) groups is 1. The Morgan fingerprint density at radius 2 is 1.48 bits per heavy atom. The molecule has 1 aliphatic carbocycles. The average Bonchev–Trinajstić information content (AvgIpc) is 3.04. The normalized spacial score (nSPS) is 21.7. The fourth-order valence-electron chi connectivity index (χ4n) is 4.46. The first kappa shape index (κ1) is 16.4. The minimum atomic E-state index is 0.185. The minimum Gasteiger partial charge on any atom is -0.339 e. The van der Waals surface area contributed by atoms with E-state index in [1.807, 2.05) is 6.07 Å². The third-order valence-corrected chi connectivity index (χ3v) is 5.91. The second kappa shape index (κ2) is 7.43. The molecule has 1 atom stereocenters. The molecule has 0 aromatic heterocycles. The molecular formula is C23H27NO. The highest BCUT2D eigenvalue weighted by atomic mass is 16.2. The highest BCUT2D eigenvalue weighted by Crippen LogP contribution is 2.30. The molecule has 1 heterocycles. The molecule has 0 spiro atoms. The number of hydrogen-bond acceptors (Lipinski definition) is 1. The first-order valence-electron chi connectivity index (χ1n) is 9.76. The highest BCUT2D eigenvalue weighted by Gasteiger charge is 2.35. The molecule has 0 radical (unpaired) electrons.